The van der Waals surface area contributed by atoms with Crippen LogP contribution < -0.4 is 5.32 Å². The van der Waals surface area contributed by atoms with Gasteiger partial charge in [0.1, 0.15) is 0 Å². The molecular weight excluding hydrogens is 286 g/mol. The third kappa shape index (κ3) is 4.46. The van der Waals surface area contributed by atoms with Gasteiger partial charge in [-0.25, -0.2) is 0 Å². The van der Waals surface area contributed by atoms with Gasteiger partial charge in [-0.1, -0.05) is 23.7 Å². The Hall–Kier alpha value is -1.04. The first-order valence-corrected chi connectivity index (χ1v) is 7.80. The number of halogens is 1. The molecule has 6 heteroatoms. The minimum atomic E-state index is -0.402. The smallest absolute Gasteiger partial charge is 0.376 e. The summed E-state index contributed by atoms with van der Waals surface area (Å²) in [7, 11) is -0.402. The number of carbonyl (C=O) groups excluding carboxylic acids is 1. The number of amides is 1. The van der Waals surface area contributed by atoms with E-state index >= 15 is 0 Å². The first-order valence-electron chi connectivity index (χ1n) is 7.42. The number of piperidine rings is 1. The Kier molecular flexibility index (Phi) is 5.68. The highest BCUT2D eigenvalue weighted by Crippen LogP contribution is 2.31. The summed E-state index contributed by atoms with van der Waals surface area (Å²) in [6.45, 7) is 5.05. The van der Waals surface area contributed by atoms with Crippen molar-refractivity contribution in [2.75, 3.05) is 13.1 Å². The standard InChI is InChI=1S/C15H22BClN2O2/c1-11(20)18-15(12-3-5-14(17)6-4-12)13-7-9-19(10-8-13)16(2)21/h3-6,13,15,21H,7-10H2,1-2H3,(H,18,20). The van der Waals surface area contributed by atoms with Crippen LogP contribution in [0.15, 0.2) is 24.3 Å². The van der Waals surface area contributed by atoms with Crippen LogP contribution in [-0.2, 0) is 4.79 Å². The summed E-state index contributed by atoms with van der Waals surface area (Å²) in [4.78, 5) is 13.6. The van der Waals surface area contributed by atoms with Crippen LogP contribution in [0.4, 0.5) is 0 Å². The second-order valence-corrected chi connectivity index (χ2v) is 6.17. The van der Waals surface area contributed by atoms with Crippen molar-refractivity contribution in [2.45, 2.75) is 32.6 Å². The second kappa shape index (κ2) is 7.30. The van der Waals surface area contributed by atoms with E-state index in [9.17, 15) is 9.82 Å². The van der Waals surface area contributed by atoms with Gasteiger partial charge in [-0.15, -0.1) is 0 Å². The molecule has 1 aromatic rings. The number of nitrogens with one attached hydrogen (secondary N) is 1. The molecule has 1 aliphatic heterocycles. The maximum absolute atomic E-state index is 11.5. The van der Waals surface area contributed by atoms with Gasteiger partial charge in [0.15, 0.2) is 0 Å². The number of benzene rings is 1. The van der Waals surface area contributed by atoms with Crippen LogP contribution in [-0.4, -0.2) is 35.9 Å². The highest BCUT2D eigenvalue weighted by atomic mass is 35.5. The summed E-state index contributed by atoms with van der Waals surface area (Å²) in [5.41, 5.74) is 1.09. The van der Waals surface area contributed by atoms with E-state index in [1.165, 1.54) is 0 Å². The topological polar surface area (TPSA) is 52.6 Å². The van der Waals surface area contributed by atoms with Gasteiger partial charge >= 0.3 is 7.05 Å². The third-order valence-electron chi connectivity index (χ3n) is 4.16. The molecule has 1 saturated heterocycles. The summed E-state index contributed by atoms with van der Waals surface area (Å²) >= 11 is 5.94. The van der Waals surface area contributed by atoms with Crippen LogP contribution in [0.25, 0.3) is 0 Å². The highest BCUT2D eigenvalue weighted by molar-refractivity contribution is 6.45. The van der Waals surface area contributed by atoms with E-state index in [2.05, 4.69) is 10.1 Å². The van der Waals surface area contributed by atoms with Crippen molar-refractivity contribution in [3.63, 3.8) is 0 Å². The van der Waals surface area contributed by atoms with Gasteiger partial charge in [-0.2, -0.15) is 0 Å². The van der Waals surface area contributed by atoms with E-state index in [4.69, 9.17) is 11.6 Å². The van der Waals surface area contributed by atoms with Crippen molar-refractivity contribution in [2.24, 2.45) is 5.92 Å². The first-order chi connectivity index (χ1) is 9.97. The molecule has 1 amide bonds. The van der Waals surface area contributed by atoms with Crippen molar-refractivity contribution < 1.29 is 9.82 Å². The second-order valence-electron chi connectivity index (χ2n) is 5.74. The zero-order chi connectivity index (χ0) is 15.4. The molecule has 0 aliphatic carbocycles. The van der Waals surface area contributed by atoms with Gasteiger partial charge in [-0.05, 0) is 56.4 Å². The molecule has 0 saturated carbocycles. The van der Waals surface area contributed by atoms with Crippen LogP contribution in [0, 0.1) is 5.92 Å². The van der Waals surface area contributed by atoms with Crippen molar-refractivity contribution >= 4 is 24.6 Å². The van der Waals surface area contributed by atoms with E-state index in [0.29, 0.717) is 10.9 Å². The molecule has 21 heavy (non-hydrogen) atoms. The molecule has 2 rings (SSSR count). The van der Waals surface area contributed by atoms with Crippen LogP contribution in [0.3, 0.4) is 0 Å². The van der Waals surface area contributed by atoms with E-state index in [1.807, 2.05) is 24.3 Å². The molecule has 114 valence electrons. The molecular formula is C15H22BClN2O2. The predicted octanol–water partition coefficient (Wildman–Crippen LogP) is 2.34. The van der Waals surface area contributed by atoms with Gasteiger partial charge in [-0.3, -0.25) is 4.79 Å². The molecule has 1 unspecified atom stereocenters. The molecule has 1 atom stereocenters. The van der Waals surface area contributed by atoms with Crippen LogP contribution in [0.5, 0.6) is 0 Å². The Morgan fingerprint density at radius 3 is 2.43 bits per heavy atom. The van der Waals surface area contributed by atoms with Crippen LogP contribution in [0.1, 0.15) is 31.4 Å². The minimum Gasteiger partial charge on any atom is -0.437 e. The molecule has 0 aromatic heterocycles. The largest absolute Gasteiger partial charge is 0.437 e. The van der Waals surface area contributed by atoms with E-state index in [-0.39, 0.29) is 11.9 Å². The number of nitrogens with zero attached hydrogens (tertiary/aromatic N) is 1. The number of carbonyl (C=O) groups is 1. The molecule has 0 spiro atoms. The maximum Gasteiger partial charge on any atom is 0.376 e. The normalized spacial score (nSPS) is 18.3. The Morgan fingerprint density at radius 1 is 1.38 bits per heavy atom. The van der Waals surface area contributed by atoms with Gasteiger partial charge in [0.25, 0.3) is 0 Å². The average molecular weight is 309 g/mol. The van der Waals surface area contributed by atoms with E-state index in [0.717, 1.165) is 31.5 Å². The fourth-order valence-electron chi connectivity index (χ4n) is 2.99. The Morgan fingerprint density at radius 2 is 1.95 bits per heavy atom. The van der Waals surface area contributed by atoms with Gasteiger partial charge in [0, 0.05) is 11.9 Å². The molecule has 1 heterocycles. The quantitative estimate of drug-likeness (QED) is 0.840. The zero-order valence-corrected chi connectivity index (χ0v) is 13.3. The SMILES string of the molecule is CB(O)N1CCC(C(NC(C)=O)c2ccc(Cl)cc2)CC1. The lowest BCUT2D eigenvalue weighted by molar-refractivity contribution is -0.120. The van der Waals surface area contributed by atoms with Crippen molar-refractivity contribution in [1.29, 1.82) is 0 Å². The lowest BCUT2D eigenvalue weighted by Gasteiger charge is -2.37. The molecule has 0 bridgehead atoms. The van der Waals surface area contributed by atoms with Crippen molar-refractivity contribution in [1.82, 2.24) is 10.1 Å². The molecule has 2 N–H and O–H groups in total. The maximum atomic E-state index is 11.5. The number of hydrogen-bond donors (Lipinski definition) is 2. The lowest BCUT2D eigenvalue weighted by Crippen LogP contribution is -2.45. The van der Waals surface area contributed by atoms with E-state index in [1.54, 1.807) is 13.7 Å². The summed E-state index contributed by atoms with van der Waals surface area (Å²) in [6.07, 6.45) is 1.91. The number of hydrogen-bond acceptors (Lipinski definition) is 3. The Labute approximate surface area is 131 Å². The number of rotatable bonds is 4. The molecule has 4 nitrogen and oxygen atoms in total. The van der Waals surface area contributed by atoms with Gasteiger partial charge in [0.05, 0.1) is 6.04 Å². The molecule has 1 fully saturated rings. The fourth-order valence-corrected chi connectivity index (χ4v) is 3.11. The van der Waals surface area contributed by atoms with Crippen molar-refractivity contribution in [3.8, 4) is 0 Å². The fraction of sp³-hybridized carbons (Fsp3) is 0.533. The lowest BCUT2D eigenvalue weighted by atomic mass is 9.78. The summed E-state index contributed by atoms with van der Waals surface area (Å²) in [6, 6.07) is 7.68. The van der Waals surface area contributed by atoms with Crippen molar-refractivity contribution in [3.05, 3.63) is 34.9 Å². The molecule has 0 radical (unpaired) electrons. The summed E-state index contributed by atoms with van der Waals surface area (Å²) in [5, 5.41) is 13.4. The predicted molar refractivity (Wildman–Crippen MR) is 86.1 cm³/mol. The molecule has 1 aromatic carbocycles. The zero-order valence-electron chi connectivity index (χ0n) is 12.6. The molecule has 1 aliphatic rings. The van der Waals surface area contributed by atoms with Gasteiger partial charge < -0.3 is 15.2 Å². The van der Waals surface area contributed by atoms with Crippen LogP contribution in [0.2, 0.25) is 11.8 Å². The van der Waals surface area contributed by atoms with Crippen LogP contribution >= 0.6 is 11.6 Å². The van der Waals surface area contributed by atoms with E-state index < -0.39 is 7.05 Å². The Balaban J connectivity index is 2.10. The average Bonchev–Trinajstić information content (AvgIpc) is 2.46. The summed E-state index contributed by atoms with van der Waals surface area (Å²) in [5.74, 6) is 0.359. The summed E-state index contributed by atoms with van der Waals surface area (Å²) < 4.78 is 0. The highest BCUT2D eigenvalue weighted by Gasteiger charge is 2.30. The minimum absolute atomic E-state index is 0.0101. The third-order valence-corrected chi connectivity index (χ3v) is 4.41. The first kappa shape index (κ1) is 16.3. The monoisotopic (exact) mass is 308 g/mol. The van der Waals surface area contributed by atoms with Gasteiger partial charge in [0.2, 0.25) is 5.91 Å². The Bertz CT molecular complexity index is 473.